The number of nitrogens with one attached hydrogen (secondary N) is 1. The number of hydrogen-bond donors (Lipinski definition) is 2. The van der Waals surface area contributed by atoms with Crippen molar-refractivity contribution in [3.8, 4) is 5.75 Å². The monoisotopic (exact) mass is 469 g/mol. The van der Waals surface area contributed by atoms with E-state index in [9.17, 15) is 9.18 Å². The predicted octanol–water partition coefficient (Wildman–Crippen LogP) is 3.57. The molecule has 1 saturated heterocycles. The molecule has 0 bridgehead atoms. The number of aliphatic hydroxyl groups excluding tert-OH is 1. The van der Waals surface area contributed by atoms with E-state index < -0.39 is 0 Å². The van der Waals surface area contributed by atoms with E-state index in [1.165, 1.54) is 18.7 Å². The maximum absolute atomic E-state index is 13.7. The first-order valence-electron chi connectivity index (χ1n) is 12.3. The summed E-state index contributed by atoms with van der Waals surface area (Å²) in [6, 6.07) is 13.7. The van der Waals surface area contributed by atoms with Gasteiger partial charge in [0, 0.05) is 50.4 Å². The minimum Gasteiger partial charge on any atom is -0.494 e. The van der Waals surface area contributed by atoms with Crippen molar-refractivity contribution in [2.75, 3.05) is 46.4 Å². The summed E-state index contributed by atoms with van der Waals surface area (Å²) in [5.41, 5.74) is 3.04. The zero-order chi connectivity index (χ0) is 24.1. The van der Waals surface area contributed by atoms with Gasteiger partial charge in [-0.15, -0.1) is 0 Å². The van der Waals surface area contributed by atoms with Gasteiger partial charge >= 0.3 is 0 Å². The summed E-state index contributed by atoms with van der Waals surface area (Å²) in [6.45, 7) is 5.96. The SMILES string of the molecule is COc1cc([C@@H](C)N[C@H]2CC[C@@H](c3ccc(C(=O)N4CCN(CCO)CC4)cc3)C2)ccc1F. The predicted molar refractivity (Wildman–Crippen MR) is 131 cm³/mol. The number of piperazine rings is 1. The van der Waals surface area contributed by atoms with E-state index in [4.69, 9.17) is 9.84 Å². The van der Waals surface area contributed by atoms with Gasteiger partial charge in [-0.1, -0.05) is 18.2 Å². The Hall–Kier alpha value is -2.48. The molecular weight excluding hydrogens is 433 g/mol. The third-order valence-electron chi connectivity index (χ3n) is 7.30. The van der Waals surface area contributed by atoms with Crippen molar-refractivity contribution in [1.82, 2.24) is 15.1 Å². The van der Waals surface area contributed by atoms with Crippen LogP contribution in [0.4, 0.5) is 4.39 Å². The molecular formula is C27H36FN3O3. The minimum absolute atomic E-state index is 0.0877. The summed E-state index contributed by atoms with van der Waals surface area (Å²) in [5, 5.41) is 12.8. The highest BCUT2D eigenvalue weighted by Gasteiger charge is 2.28. The summed E-state index contributed by atoms with van der Waals surface area (Å²) in [6.07, 6.45) is 3.24. The number of hydrogen-bond acceptors (Lipinski definition) is 5. The van der Waals surface area contributed by atoms with E-state index in [2.05, 4.69) is 29.3 Å². The molecule has 2 aliphatic rings. The van der Waals surface area contributed by atoms with Gasteiger partial charge in [0.2, 0.25) is 0 Å². The molecule has 0 spiro atoms. The molecule has 1 heterocycles. The van der Waals surface area contributed by atoms with Gasteiger partial charge in [0.1, 0.15) is 0 Å². The van der Waals surface area contributed by atoms with Gasteiger partial charge < -0.3 is 20.1 Å². The first-order chi connectivity index (χ1) is 16.5. The molecule has 1 amide bonds. The number of methoxy groups -OCH3 is 1. The van der Waals surface area contributed by atoms with Crippen LogP contribution in [0.25, 0.3) is 0 Å². The second-order valence-electron chi connectivity index (χ2n) is 9.47. The van der Waals surface area contributed by atoms with E-state index >= 15 is 0 Å². The normalized spacial score (nSPS) is 22.1. The second-order valence-corrected chi connectivity index (χ2v) is 9.47. The third-order valence-corrected chi connectivity index (χ3v) is 7.30. The molecule has 2 fully saturated rings. The molecule has 1 aliphatic carbocycles. The fraction of sp³-hybridized carbons (Fsp3) is 0.519. The molecule has 184 valence electrons. The maximum atomic E-state index is 13.7. The summed E-state index contributed by atoms with van der Waals surface area (Å²) in [7, 11) is 1.49. The Morgan fingerprint density at radius 3 is 2.56 bits per heavy atom. The number of halogens is 1. The molecule has 0 radical (unpaired) electrons. The molecule has 0 unspecified atom stereocenters. The number of nitrogens with zero attached hydrogens (tertiary/aromatic N) is 2. The van der Waals surface area contributed by atoms with Gasteiger partial charge in [0.05, 0.1) is 13.7 Å². The summed E-state index contributed by atoms with van der Waals surface area (Å²) in [4.78, 5) is 17.0. The standard InChI is InChI=1S/C27H36FN3O3/c1-19(22-8-10-25(28)26(18-22)34-2)29-24-9-7-23(17-24)20-3-5-21(6-4-20)27(33)31-13-11-30(12-14-31)15-16-32/h3-6,8,10,18-19,23-24,29,32H,7,9,11-17H2,1-2H3/t19-,23-,24+/m1/s1. The zero-order valence-electron chi connectivity index (χ0n) is 20.2. The quantitative estimate of drug-likeness (QED) is 0.619. The Morgan fingerprint density at radius 1 is 1.15 bits per heavy atom. The third kappa shape index (κ3) is 5.77. The topological polar surface area (TPSA) is 65.0 Å². The molecule has 1 saturated carbocycles. The van der Waals surface area contributed by atoms with Crippen LogP contribution in [-0.4, -0.2) is 73.3 Å². The van der Waals surface area contributed by atoms with Crippen LogP contribution in [0.5, 0.6) is 5.75 Å². The molecule has 0 aromatic heterocycles. The lowest BCUT2D eigenvalue weighted by Crippen LogP contribution is -2.49. The van der Waals surface area contributed by atoms with Crippen molar-refractivity contribution in [2.45, 2.75) is 44.2 Å². The van der Waals surface area contributed by atoms with E-state index in [-0.39, 0.29) is 30.1 Å². The number of β-amino-alcohol motifs (C(OH)–C–C–N with tert-alkyl or cyclic N) is 1. The Kier molecular flexibility index (Phi) is 8.19. The molecule has 2 aromatic carbocycles. The molecule has 1 aliphatic heterocycles. The van der Waals surface area contributed by atoms with Crippen LogP contribution in [-0.2, 0) is 0 Å². The van der Waals surface area contributed by atoms with Crippen LogP contribution in [0.2, 0.25) is 0 Å². The fourth-order valence-corrected chi connectivity index (χ4v) is 5.23. The second kappa shape index (κ2) is 11.3. The molecule has 2 N–H and O–H groups in total. The largest absolute Gasteiger partial charge is 0.494 e. The molecule has 7 heteroatoms. The Balaban J connectivity index is 1.30. The Bertz CT molecular complexity index is 960. The molecule has 6 nitrogen and oxygen atoms in total. The molecule has 4 rings (SSSR count). The van der Waals surface area contributed by atoms with E-state index in [1.54, 1.807) is 6.07 Å². The lowest BCUT2D eigenvalue weighted by molar-refractivity contribution is 0.0615. The van der Waals surface area contributed by atoms with Crippen LogP contribution in [0.1, 0.15) is 59.6 Å². The van der Waals surface area contributed by atoms with Crippen LogP contribution in [0, 0.1) is 5.82 Å². The number of aliphatic hydroxyl groups is 1. The number of carbonyl (C=O) groups excluding carboxylic acids is 1. The lowest BCUT2D eigenvalue weighted by atomic mass is 9.96. The Labute approximate surface area is 201 Å². The van der Waals surface area contributed by atoms with Crippen LogP contribution in [0.15, 0.2) is 42.5 Å². The van der Waals surface area contributed by atoms with Crippen molar-refractivity contribution in [3.63, 3.8) is 0 Å². The average Bonchev–Trinajstić information content (AvgIpc) is 3.33. The maximum Gasteiger partial charge on any atom is 0.253 e. The summed E-state index contributed by atoms with van der Waals surface area (Å²) < 4.78 is 18.8. The highest BCUT2D eigenvalue weighted by atomic mass is 19.1. The average molecular weight is 470 g/mol. The summed E-state index contributed by atoms with van der Waals surface area (Å²) in [5.74, 6) is 0.491. The number of amides is 1. The Morgan fingerprint density at radius 2 is 1.88 bits per heavy atom. The number of benzene rings is 2. The van der Waals surface area contributed by atoms with Crippen LogP contribution >= 0.6 is 0 Å². The van der Waals surface area contributed by atoms with E-state index in [0.717, 1.165) is 43.5 Å². The number of carbonyl (C=O) groups is 1. The van der Waals surface area contributed by atoms with Crippen molar-refractivity contribution >= 4 is 5.91 Å². The zero-order valence-corrected chi connectivity index (χ0v) is 20.2. The molecule has 34 heavy (non-hydrogen) atoms. The number of rotatable bonds is 8. The minimum atomic E-state index is -0.342. The van der Waals surface area contributed by atoms with Gasteiger partial charge in [-0.05, 0) is 67.5 Å². The highest BCUT2D eigenvalue weighted by molar-refractivity contribution is 5.94. The van der Waals surface area contributed by atoms with Gasteiger partial charge in [-0.3, -0.25) is 9.69 Å². The van der Waals surface area contributed by atoms with Crippen LogP contribution < -0.4 is 10.1 Å². The highest BCUT2D eigenvalue weighted by Crippen LogP contribution is 2.36. The summed E-state index contributed by atoms with van der Waals surface area (Å²) >= 11 is 0. The first kappa shape index (κ1) is 24.6. The van der Waals surface area contributed by atoms with Gasteiger partial charge in [0.25, 0.3) is 5.91 Å². The van der Waals surface area contributed by atoms with Crippen molar-refractivity contribution in [2.24, 2.45) is 0 Å². The van der Waals surface area contributed by atoms with E-state index in [0.29, 0.717) is 31.6 Å². The van der Waals surface area contributed by atoms with E-state index in [1.807, 2.05) is 23.1 Å². The van der Waals surface area contributed by atoms with Gasteiger partial charge in [-0.25, -0.2) is 4.39 Å². The van der Waals surface area contributed by atoms with Gasteiger partial charge in [0.15, 0.2) is 11.6 Å². The first-order valence-corrected chi connectivity index (χ1v) is 12.3. The lowest BCUT2D eigenvalue weighted by Gasteiger charge is -2.34. The van der Waals surface area contributed by atoms with Crippen molar-refractivity contribution in [3.05, 3.63) is 65.0 Å². The molecule has 2 aromatic rings. The molecule has 3 atom stereocenters. The smallest absolute Gasteiger partial charge is 0.253 e. The van der Waals surface area contributed by atoms with Crippen molar-refractivity contribution in [1.29, 1.82) is 0 Å². The van der Waals surface area contributed by atoms with Gasteiger partial charge in [-0.2, -0.15) is 0 Å². The van der Waals surface area contributed by atoms with Crippen molar-refractivity contribution < 1.29 is 19.0 Å². The number of ether oxygens (including phenoxy) is 1. The van der Waals surface area contributed by atoms with Crippen LogP contribution in [0.3, 0.4) is 0 Å². The fourth-order valence-electron chi connectivity index (χ4n) is 5.23.